The molecule has 1 aromatic heterocycles. The van der Waals surface area contributed by atoms with Crippen LogP contribution < -0.4 is 10.6 Å². The van der Waals surface area contributed by atoms with Crippen LogP contribution >= 0.6 is 0 Å². The Morgan fingerprint density at radius 3 is 2.48 bits per heavy atom. The Kier molecular flexibility index (Phi) is 5.46. The molecule has 0 saturated carbocycles. The summed E-state index contributed by atoms with van der Waals surface area (Å²) in [5, 5.41) is 0. The molecule has 0 aliphatic rings. The molecule has 1 heterocycles. The van der Waals surface area contributed by atoms with E-state index in [-0.39, 0.29) is 11.9 Å². The molecule has 1 atom stereocenters. The van der Waals surface area contributed by atoms with E-state index in [9.17, 15) is 4.79 Å². The van der Waals surface area contributed by atoms with Crippen molar-refractivity contribution in [1.82, 2.24) is 4.98 Å². The normalized spacial score (nSPS) is 11.9. The van der Waals surface area contributed by atoms with Gasteiger partial charge in [0.1, 0.15) is 0 Å². The fourth-order valence-electron chi connectivity index (χ4n) is 2.31. The Hall–Kier alpha value is -2.20. The van der Waals surface area contributed by atoms with Gasteiger partial charge in [-0.1, -0.05) is 30.3 Å². The van der Waals surface area contributed by atoms with Gasteiger partial charge in [0, 0.05) is 37.1 Å². The molecule has 4 nitrogen and oxygen atoms in total. The van der Waals surface area contributed by atoms with Crippen molar-refractivity contribution in [2.24, 2.45) is 5.73 Å². The number of pyridine rings is 1. The first kappa shape index (κ1) is 15.2. The summed E-state index contributed by atoms with van der Waals surface area (Å²) in [5.41, 5.74) is 8.09. The molecule has 4 heteroatoms. The van der Waals surface area contributed by atoms with Gasteiger partial charge >= 0.3 is 0 Å². The van der Waals surface area contributed by atoms with Crippen LogP contribution in [0.1, 0.15) is 31.4 Å². The number of nitrogens with zero attached hydrogens (tertiary/aromatic N) is 2. The summed E-state index contributed by atoms with van der Waals surface area (Å²) in [6.45, 7) is 2.61. The smallest absolute Gasteiger partial charge is 0.227 e. The first-order chi connectivity index (χ1) is 10.2. The summed E-state index contributed by atoms with van der Waals surface area (Å²) in [5.74, 6) is 0.0927. The van der Waals surface area contributed by atoms with Gasteiger partial charge in [-0.3, -0.25) is 9.78 Å². The lowest BCUT2D eigenvalue weighted by molar-refractivity contribution is -0.118. The predicted molar refractivity (Wildman–Crippen MR) is 84.9 cm³/mol. The summed E-state index contributed by atoms with van der Waals surface area (Å²) in [7, 11) is 0. The van der Waals surface area contributed by atoms with Crippen molar-refractivity contribution in [3.8, 4) is 0 Å². The quantitative estimate of drug-likeness (QED) is 0.886. The van der Waals surface area contributed by atoms with Crippen LogP contribution in [0.4, 0.5) is 5.69 Å². The standard InChI is InChI=1S/C17H21N3O/c1-2-20(15-10-12-19-13-11-15)17(21)9-8-16(18)14-6-4-3-5-7-14/h3-7,10-13,16H,2,8-9,18H2,1H3. The molecule has 21 heavy (non-hydrogen) atoms. The fourth-order valence-corrected chi connectivity index (χ4v) is 2.31. The topological polar surface area (TPSA) is 59.2 Å². The molecule has 1 aromatic carbocycles. The predicted octanol–water partition coefficient (Wildman–Crippen LogP) is 2.91. The van der Waals surface area contributed by atoms with Crippen LogP contribution in [0.3, 0.4) is 0 Å². The molecular formula is C17H21N3O. The summed E-state index contributed by atoms with van der Waals surface area (Å²) in [4.78, 5) is 18.1. The minimum Gasteiger partial charge on any atom is -0.324 e. The van der Waals surface area contributed by atoms with E-state index in [0.717, 1.165) is 11.3 Å². The van der Waals surface area contributed by atoms with Gasteiger partial charge in [0.05, 0.1) is 0 Å². The van der Waals surface area contributed by atoms with Crippen molar-refractivity contribution in [3.05, 3.63) is 60.4 Å². The zero-order valence-electron chi connectivity index (χ0n) is 12.3. The molecule has 0 aliphatic heterocycles. The van der Waals surface area contributed by atoms with Crippen LogP contribution in [0.5, 0.6) is 0 Å². The second kappa shape index (κ2) is 7.55. The molecule has 110 valence electrons. The van der Waals surface area contributed by atoms with Crippen molar-refractivity contribution >= 4 is 11.6 Å². The van der Waals surface area contributed by atoms with Crippen LogP contribution in [0, 0.1) is 0 Å². The monoisotopic (exact) mass is 283 g/mol. The largest absolute Gasteiger partial charge is 0.324 e. The number of carbonyl (C=O) groups is 1. The minimum absolute atomic E-state index is 0.0927. The number of carbonyl (C=O) groups excluding carboxylic acids is 1. The van der Waals surface area contributed by atoms with Gasteiger partial charge < -0.3 is 10.6 Å². The molecular weight excluding hydrogens is 262 g/mol. The first-order valence-electron chi connectivity index (χ1n) is 7.23. The maximum Gasteiger partial charge on any atom is 0.227 e. The summed E-state index contributed by atoms with van der Waals surface area (Å²) in [6, 6.07) is 13.5. The Balaban J connectivity index is 1.94. The van der Waals surface area contributed by atoms with E-state index in [1.54, 1.807) is 17.3 Å². The Morgan fingerprint density at radius 1 is 1.19 bits per heavy atom. The highest BCUT2D eigenvalue weighted by Gasteiger charge is 2.15. The molecule has 0 radical (unpaired) electrons. The number of rotatable bonds is 6. The van der Waals surface area contributed by atoms with Crippen molar-refractivity contribution < 1.29 is 4.79 Å². The van der Waals surface area contributed by atoms with Crippen LogP contribution in [0.25, 0.3) is 0 Å². The average molecular weight is 283 g/mol. The Bertz CT molecular complexity index is 557. The molecule has 2 rings (SSSR count). The first-order valence-corrected chi connectivity index (χ1v) is 7.23. The van der Waals surface area contributed by atoms with E-state index >= 15 is 0 Å². The van der Waals surface area contributed by atoms with E-state index in [4.69, 9.17) is 5.73 Å². The van der Waals surface area contributed by atoms with Crippen molar-refractivity contribution in [2.45, 2.75) is 25.8 Å². The molecule has 0 fully saturated rings. The molecule has 1 amide bonds. The molecule has 0 bridgehead atoms. The fraction of sp³-hybridized carbons (Fsp3) is 0.294. The molecule has 2 N–H and O–H groups in total. The number of nitrogens with two attached hydrogens (primary N) is 1. The number of hydrogen-bond donors (Lipinski definition) is 1. The average Bonchev–Trinajstić information content (AvgIpc) is 2.55. The zero-order valence-corrected chi connectivity index (χ0v) is 12.3. The molecule has 0 aliphatic carbocycles. The second-order valence-corrected chi connectivity index (χ2v) is 4.90. The Labute approximate surface area is 125 Å². The number of anilines is 1. The molecule has 1 unspecified atom stereocenters. The van der Waals surface area contributed by atoms with E-state index in [1.807, 2.05) is 49.4 Å². The molecule has 2 aromatic rings. The number of hydrogen-bond acceptors (Lipinski definition) is 3. The van der Waals surface area contributed by atoms with Crippen LogP contribution in [0.2, 0.25) is 0 Å². The van der Waals surface area contributed by atoms with E-state index < -0.39 is 0 Å². The number of benzene rings is 1. The van der Waals surface area contributed by atoms with E-state index in [1.165, 1.54) is 0 Å². The second-order valence-electron chi connectivity index (χ2n) is 4.90. The lowest BCUT2D eigenvalue weighted by atomic mass is 10.0. The van der Waals surface area contributed by atoms with Gasteiger partial charge in [-0.2, -0.15) is 0 Å². The van der Waals surface area contributed by atoms with Crippen LogP contribution in [0.15, 0.2) is 54.9 Å². The SMILES string of the molecule is CCN(C(=O)CCC(N)c1ccccc1)c1ccncc1. The van der Waals surface area contributed by atoms with Gasteiger partial charge in [0.2, 0.25) is 5.91 Å². The summed E-state index contributed by atoms with van der Waals surface area (Å²) >= 11 is 0. The number of aromatic nitrogens is 1. The van der Waals surface area contributed by atoms with Crippen molar-refractivity contribution in [1.29, 1.82) is 0 Å². The number of amides is 1. The third kappa shape index (κ3) is 4.13. The lowest BCUT2D eigenvalue weighted by Crippen LogP contribution is -2.31. The van der Waals surface area contributed by atoms with Gasteiger partial charge in [0.15, 0.2) is 0 Å². The van der Waals surface area contributed by atoms with Gasteiger partial charge in [-0.05, 0) is 31.0 Å². The highest BCUT2D eigenvalue weighted by atomic mass is 16.2. The third-order valence-electron chi connectivity index (χ3n) is 3.49. The Morgan fingerprint density at radius 2 is 1.86 bits per heavy atom. The van der Waals surface area contributed by atoms with Crippen molar-refractivity contribution in [3.63, 3.8) is 0 Å². The highest BCUT2D eigenvalue weighted by Crippen LogP contribution is 2.18. The minimum atomic E-state index is -0.105. The molecule has 0 saturated heterocycles. The molecule has 0 spiro atoms. The van der Waals surface area contributed by atoms with E-state index in [0.29, 0.717) is 19.4 Å². The highest BCUT2D eigenvalue weighted by molar-refractivity contribution is 5.93. The zero-order chi connectivity index (χ0) is 15.1. The van der Waals surface area contributed by atoms with Gasteiger partial charge in [-0.25, -0.2) is 0 Å². The summed E-state index contributed by atoms with van der Waals surface area (Å²) < 4.78 is 0. The van der Waals surface area contributed by atoms with Crippen LogP contribution in [-0.4, -0.2) is 17.4 Å². The van der Waals surface area contributed by atoms with Crippen LogP contribution in [-0.2, 0) is 4.79 Å². The van der Waals surface area contributed by atoms with Gasteiger partial charge in [-0.15, -0.1) is 0 Å². The van der Waals surface area contributed by atoms with Crippen molar-refractivity contribution in [2.75, 3.05) is 11.4 Å². The summed E-state index contributed by atoms with van der Waals surface area (Å²) in [6.07, 6.45) is 4.47. The third-order valence-corrected chi connectivity index (χ3v) is 3.49. The maximum atomic E-state index is 12.4. The van der Waals surface area contributed by atoms with E-state index in [2.05, 4.69) is 4.98 Å². The maximum absolute atomic E-state index is 12.4. The van der Waals surface area contributed by atoms with Gasteiger partial charge in [0.25, 0.3) is 0 Å². The lowest BCUT2D eigenvalue weighted by Gasteiger charge is -2.21.